The van der Waals surface area contributed by atoms with Gasteiger partial charge in [-0.25, -0.2) is 0 Å². The molecule has 0 spiro atoms. The van der Waals surface area contributed by atoms with E-state index in [1.165, 1.54) is 4.88 Å². The number of carbonyl (C=O) groups is 1. The van der Waals surface area contributed by atoms with E-state index in [0.717, 1.165) is 23.6 Å². The van der Waals surface area contributed by atoms with Crippen LogP contribution in [-0.2, 0) is 17.8 Å². The van der Waals surface area contributed by atoms with Crippen molar-refractivity contribution < 1.29 is 4.79 Å². The molecule has 2 rings (SSSR count). The lowest BCUT2D eigenvalue weighted by Crippen LogP contribution is -2.30. The third kappa shape index (κ3) is 4.36. The van der Waals surface area contributed by atoms with Crippen molar-refractivity contribution in [2.45, 2.75) is 26.3 Å². The molecule has 20 heavy (non-hydrogen) atoms. The van der Waals surface area contributed by atoms with Gasteiger partial charge in [0.1, 0.15) is 0 Å². The summed E-state index contributed by atoms with van der Waals surface area (Å²) in [5, 5.41) is 2.77. The van der Waals surface area contributed by atoms with Gasteiger partial charge in [-0.15, -0.1) is 11.3 Å². The van der Waals surface area contributed by atoms with Crippen LogP contribution < -0.4 is 0 Å². The summed E-state index contributed by atoms with van der Waals surface area (Å²) < 4.78 is 0. The highest BCUT2D eigenvalue weighted by Gasteiger charge is 2.12. The molecule has 0 atom stereocenters. The topological polar surface area (TPSA) is 20.3 Å². The molecule has 2 nitrogen and oxygen atoms in total. The maximum Gasteiger partial charge on any atom is 0.223 e. The fraction of sp³-hybridized carbons (Fsp3) is 0.312. The van der Waals surface area contributed by atoms with Crippen LogP contribution >= 0.6 is 22.9 Å². The molecule has 106 valence electrons. The number of hydrogen-bond acceptors (Lipinski definition) is 2. The van der Waals surface area contributed by atoms with Gasteiger partial charge in [0.25, 0.3) is 0 Å². The normalized spacial score (nSPS) is 10.5. The number of hydrogen-bond donors (Lipinski definition) is 0. The van der Waals surface area contributed by atoms with Gasteiger partial charge in [-0.05, 0) is 42.5 Å². The summed E-state index contributed by atoms with van der Waals surface area (Å²) in [6.07, 6.45) is 1.30. The molecule has 4 heteroatoms. The quantitative estimate of drug-likeness (QED) is 0.775. The largest absolute Gasteiger partial charge is 0.338 e. The maximum atomic E-state index is 12.2. The van der Waals surface area contributed by atoms with Crippen LogP contribution in [0, 0.1) is 0 Å². The Kier molecular flexibility index (Phi) is 5.62. The third-order valence-corrected chi connectivity index (χ3v) is 4.32. The number of nitrogens with zero attached hydrogens (tertiary/aromatic N) is 1. The lowest BCUT2D eigenvalue weighted by atomic mass is 10.1. The molecule has 0 saturated carbocycles. The van der Waals surface area contributed by atoms with Gasteiger partial charge in [0.05, 0.1) is 6.54 Å². The lowest BCUT2D eigenvalue weighted by Gasteiger charge is -2.20. The van der Waals surface area contributed by atoms with Crippen molar-refractivity contribution in [1.29, 1.82) is 0 Å². The van der Waals surface area contributed by atoms with Gasteiger partial charge >= 0.3 is 0 Å². The van der Waals surface area contributed by atoms with E-state index in [4.69, 9.17) is 11.6 Å². The first-order valence-electron chi connectivity index (χ1n) is 6.73. The van der Waals surface area contributed by atoms with Gasteiger partial charge in [0, 0.05) is 22.9 Å². The summed E-state index contributed by atoms with van der Waals surface area (Å²) in [5.74, 6) is 0.204. The first-order chi connectivity index (χ1) is 9.69. The molecule has 1 aromatic heterocycles. The molecular formula is C16H18ClNOS. The maximum absolute atomic E-state index is 12.2. The van der Waals surface area contributed by atoms with Gasteiger partial charge in [0.2, 0.25) is 5.91 Å². The van der Waals surface area contributed by atoms with E-state index in [0.29, 0.717) is 13.0 Å². The molecule has 2 aromatic rings. The number of carbonyl (C=O) groups excluding carboxylic acids is 1. The molecule has 0 fully saturated rings. The molecule has 1 heterocycles. The van der Waals surface area contributed by atoms with Crippen molar-refractivity contribution in [2.24, 2.45) is 0 Å². The van der Waals surface area contributed by atoms with Gasteiger partial charge in [0.15, 0.2) is 0 Å². The summed E-state index contributed by atoms with van der Waals surface area (Å²) in [6.45, 7) is 3.48. The van der Waals surface area contributed by atoms with Crippen LogP contribution in [0.15, 0.2) is 41.8 Å². The first-order valence-corrected chi connectivity index (χ1v) is 7.99. The van der Waals surface area contributed by atoms with E-state index >= 15 is 0 Å². The Hall–Kier alpha value is -1.32. The van der Waals surface area contributed by atoms with E-state index < -0.39 is 0 Å². The smallest absolute Gasteiger partial charge is 0.223 e. The number of thiophene rings is 1. The van der Waals surface area contributed by atoms with Gasteiger partial charge in [-0.2, -0.15) is 0 Å². The molecule has 1 amide bonds. The Balaban J connectivity index is 1.87. The van der Waals surface area contributed by atoms with Crippen LogP contribution in [0.4, 0.5) is 0 Å². The van der Waals surface area contributed by atoms with E-state index in [1.54, 1.807) is 11.3 Å². The Morgan fingerprint density at radius 1 is 1.25 bits per heavy atom. The van der Waals surface area contributed by atoms with E-state index in [-0.39, 0.29) is 5.91 Å². The average Bonchev–Trinajstić information content (AvgIpc) is 2.97. The fourth-order valence-corrected chi connectivity index (χ4v) is 2.87. The molecular weight excluding hydrogens is 290 g/mol. The summed E-state index contributed by atoms with van der Waals surface area (Å²) in [4.78, 5) is 15.4. The standard InChI is InChI=1S/C16H18ClNOS/c1-2-18(12-15-4-3-11-20-15)16(19)10-7-13-5-8-14(17)9-6-13/h3-6,8-9,11H,2,7,10,12H2,1H3. The fourth-order valence-electron chi connectivity index (χ4n) is 2.03. The molecule has 0 N–H and O–H groups in total. The van der Waals surface area contributed by atoms with E-state index in [1.807, 2.05) is 47.5 Å². The van der Waals surface area contributed by atoms with E-state index in [2.05, 4.69) is 6.07 Å². The van der Waals surface area contributed by atoms with Gasteiger partial charge < -0.3 is 4.90 Å². The number of aryl methyl sites for hydroxylation is 1. The Morgan fingerprint density at radius 3 is 2.60 bits per heavy atom. The number of benzene rings is 1. The minimum Gasteiger partial charge on any atom is -0.338 e. The molecule has 0 saturated heterocycles. The van der Waals surface area contributed by atoms with Crippen LogP contribution in [0.5, 0.6) is 0 Å². The molecule has 0 unspecified atom stereocenters. The van der Waals surface area contributed by atoms with Crippen molar-refractivity contribution in [3.63, 3.8) is 0 Å². The average molecular weight is 308 g/mol. The van der Waals surface area contributed by atoms with Gasteiger partial charge in [-0.1, -0.05) is 29.8 Å². The minimum absolute atomic E-state index is 0.204. The predicted molar refractivity (Wildman–Crippen MR) is 85.2 cm³/mol. The second kappa shape index (κ2) is 7.46. The van der Waals surface area contributed by atoms with Crippen molar-refractivity contribution in [3.8, 4) is 0 Å². The highest BCUT2D eigenvalue weighted by atomic mass is 35.5. The van der Waals surface area contributed by atoms with Crippen LogP contribution in [0.1, 0.15) is 23.8 Å². The molecule has 0 aliphatic heterocycles. The molecule has 0 bridgehead atoms. The predicted octanol–water partition coefficient (Wildman–Crippen LogP) is 4.38. The number of halogens is 1. The van der Waals surface area contributed by atoms with Crippen LogP contribution in [0.3, 0.4) is 0 Å². The van der Waals surface area contributed by atoms with Gasteiger partial charge in [-0.3, -0.25) is 4.79 Å². The molecule has 1 aromatic carbocycles. The Bertz CT molecular complexity index is 536. The second-order valence-electron chi connectivity index (χ2n) is 4.61. The van der Waals surface area contributed by atoms with E-state index in [9.17, 15) is 4.79 Å². The van der Waals surface area contributed by atoms with Crippen molar-refractivity contribution >= 4 is 28.8 Å². The van der Waals surface area contributed by atoms with Crippen LogP contribution in [-0.4, -0.2) is 17.4 Å². The zero-order valence-electron chi connectivity index (χ0n) is 11.5. The zero-order valence-corrected chi connectivity index (χ0v) is 13.1. The SMILES string of the molecule is CCN(Cc1cccs1)C(=O)CCc1ccc(Cl)cc1. The molecule has 0 aliphatic carbocycles. The zero-order chi connectivity index (χ0) is 14.4. The van der Waals surface area contributed by atoms with Crippen LogP contribution in [0.25, 0.3) is 0 Å². The number of amides is 1. The van der Waals surface area contributed by atoms with Crippen molar-refractivity contribution in [3.05, 3.63) is 57.2 Å². The van der Waals surface area contributed by atoms with Crippen LogP contribution in [0.2, 0.25) is 5.02 Å². The third-order valence-electron chi connectivity index (χ3n) is 3.20. The Morgan fingerprint density at radius 2 is 2.00 bits per heavy atom. The summed E-state index contributed by atoms with van der Waals surface area (Å²) >= 11 is 7.54. The highest BCUT2D eigenvalue weighted by Crippen LogP contribution is 2.14. The van der Waals surface area contributed by atoms with Crippen molar-refractivity contribution in [1.82, 2.24) is 4.90 Å². The Labute approximate surface area is 129 Å². The monoisotopic (exact) mass is 307 g/mol. The van der Waals surface area contributed by atoms with Crippen molar-refractivity contribution in [2.75, 3.05) is 6.54 Å². The molecule has 0 aliphatic rings. The summed E-state index contributed by atoms with van der Waals surface area (Å²) in [6, 6.07) is 11.8. The second-order valence-corrected chi connectivity index (χ2v) is 6.08. The molecule has 0 radical (unpaired) electrons. The highest BCUT2D eigenvalue weighted by molar-refractivity contribution is 7.09. The first kappa shape index (κ1) is 15.1. The lowest BCUT2D eigenvalue weighted by molar-refractivity contribution is -0.131. The number of rotatable bonds is 6. The summed E-state index contributed by atoms with van der Waals surface area (Å²) in [5.41, 5.74) is 1.15. The minimum atomic E-state index is 0.204. The summed E-state index contributed by atoms with van der Waals surface area (Å²) in [7, 11) is 0.